The number of aryl methyl sites for hydroxylation is 1. The maximum atomic E-state index is 12.3. The van der Waals surface area contributed by atoms with Gasteiger partial charge in [-0.15, -0.1) is 11.8 Å². The number of thioether (sulfide) groups is 1. The highest BCUT2D eigenvalue weighted by Crippen LogP contribution is 2.23. The molecule has 0 unspecified atom stereocenters. The molecule has 3 aromatic rings. The van der Waals surface area contributed by atoms with Crippen molar-refractivity contribution >= 4 is 39.2 Å². The second-order valence-corrected chi connectivity index (χ2v) is 7.96. The number of fused-ring (bicyclic) bond motifs is 1. The average molecular weight is 387 g/mol. The zero-order valence-corrected chi connectivity index (χ0v) is 16.6. The Balaban J connectivity index is 1.78. The van der Waals surface area contributed by atoms with E-state index >= 15 is 0 Å². The zero-order chi connectivity index (χ0) is 18.4. The molecule has 1 heterocycles. The fourth-order valence-corrected chi connectivity index (χ4v) is 4.60. The van der Waals surface area contributed by atoms with Crippen LogP contribution in [0.15, 0.2) is 58.4 Å². The topological polar surface area (TPSA) is 43.6 Å². The highest BCUT2D eigenvalue weighted by Gasteiger charge is 2.09. The number of amides is 1. The molecule has 0 aliphatic heterocycles. The number of rotatable bonds is 7. The number of benzene rings is 2. The third-order valence-electron chi connectivity index (χ3n) is 3.89. The first-order valence-corrected chi connectivity index (χ1v) is 10.4. The minimum Gasteiger partial charge on any atom is -0.497 e. The lowest BCUT2D eigenvalue weighted by molar-refractivity contribution is -0.117. The Hall–Kier alpha value is -2.05. The van der Waals surface area contributed by atoms with Crippen LogP contribution in [0.2, 0.25) is 0 Å². The van der Waals surface area contributed by atoms with Crippen molar-refractivity contribution < 1.29 is 9.53 Å². The Labute approximate surface area is 161 Å². The van der Waals surface area contributed by atoms with Gasteiger partial charge in [0, 0.05) is 23.6 Å². The molecule has 136 valence electrons. The summed E-state index contributed by atoms with van der Waals surface area (Å²) in [4.78, 5) is 18.7. The van der Waals surface area contributed by atoms with Crippen LogP contribution < -0.4 is 9.54 Å². The van der Waals surface area contributed by atoms with Crippen LogP contribution in [-0.4, -0.2) is 23.3 Å². The molecule has 1 aromatic heterocycles. The molecule has 0 atom stereocenters. The Morgan fingerprint density at radius 3 is 2.77 bits per heavy atom. The lowest BCUT2D eigenvalue weighted by Gasteiger charge is -2.03. The molecule has 26 heavy (non-hydrogen) atoms. The number of methoxy groups -OCH3 is 1. The van der Waals surface area contributed by atoms with Crippen molar-refractivity contribution in [2.24, 2.45) is 4.99 Å². The van der Waals surface area contributed by atoms with Gasteiger partial charge >= 0.3 is 0 Å². The Bertz CT molecular complexity index is 945. The van der Waals surface area contributed by atoms with E-state index in [4.69, 9.17) is 4.74 Å². The van der Waals surface area contributed by atoms with Gasteiger partial charge in [0.15, 0.2) is 4.80 Å². The molecule has 4 nitrogen and oxygen atoms in total. The SMILES string of the molecule is CCCn1c(=NC(=O)CCSc2ccccc2)sc2cc(OC)ccc21. The van der Waals surface area contributed by atoms with E-state index in [0.29, 0.717) is 6.42 Å². The third kappa shape index (κ3) is 4.56. The monoisotopic (exact) mass is 386 g/mol. The summed E-state index contributed by atoms with van der Waals surface area (Å²) in [7, 11) is 1.66. The van der Waals surface area contributed by atoms with E-state index < -0.39 is 0 Å². The third-order valence-corrected chi connectivity index (χ3v) is 5.94. The van der Waals surface area contributed by atoms with E-state index in [2.05, 4.69) is 28.6 Å². The van der Waals surface area contributed by atoms with E-state index in [0.717, 1.165) is 39.5 Å². The predicted molar refractivity (Wildman–Crippen MR) is 109 cm³/mol. The fraction of sp³-hybridized carbons (Fsp3) is 0.300. The summed E-state index contributed by atoms with van der Waals surface area (Å²) in [6, 6.07) is 16.1. The fourth-order valence-electron chi connectivity index (χ4n) is 2.64. The van der Waals surface area contributed by atoms with Gasteiger partial charge in [0.25, 0.3) is 0 Å². The standard InChI is InChI=1S/C20H22N2O2S2/c1-3-12-22-17-10-9-15(24-2)14-18(17)26-20(22)21-19(23)11-13-25-16-7-5-4-6-8-16/h4-10,14H,3,11-13H2,1-2H3. The van der Waals surface area contributed by atoms with Crippen LogP contribution in [-0.2, 0) is 11.3 Å². The number of hydrogen-bond acceptors (Lipinski definition) is 4. The minimum absolute atomic E-state index is 0.0724. The van der Waals surface area contributed by atoms with E-state index in [-0.39, 0.29) is 5.91 Å². The summed E-state index contributed by atoms with van der Waals surface area (Å²) in [5, 5.41) is 0. The smallest absolute Gasteiger partial charge is 0.249 e. The maximum absolute atomic E-state index is 12.3. The number of thiazole rings is 1. The van der Waals surface area contributed by atoms with Crippen LogP contribution in [0.1, 0.15) is 19.8 Å². The van der Waals surface area contributed by atoms with Crippen LogP contribution >= 0.6 is 23.1 Å². The lowest BCUT2D eigenvalue weighted by Crippen LogP contribution is -2.16. The largest absolute Gasteiger partial charge is 0.497 e. The van der Waals surface area contributed by atoms with Gasteiger partial charge in [0.2, 0.25) is 5.91 Å². The Morgan fingerprint density at radius 1 is 1.23 bits per heavy atom. The number of nitrogens with zero attached hydrogens (tertiary/aromatic N) is 2. The predicted octanol–water partition coefficient (Wildman–Crippen LogP) is 4.73. The van der Waals surface area contributed by atoms with E-state index in [1.54, 1.807) is 30.2 Å². The molecule has 0 N–H and O–H groups in total. The Morgan fingerprint density at radius 2 is 2.04 bits per heavy atom. The second-order valence-electron chi connectivity index (χ2n) is 5.79. The lowest BCUT2D eigenvalue weighted by atomic mass is 10.3. The van der Waals surface area contributed by atoms with E-state index in [1.165, 1.54) is 4.90 Å². The molecule has 0 fully saturated rings. The molecule has 6 heteroatoms. The van der Waals surface area contributed by atoms with Gasteiger partial charge in [-0.1, -0.05) is 36.5 Å². The molecule has 1 amide bonds. The van der Waals surface area contributed by atoms with Crippen molar-refractivity contribution in [2.45, 2.75) is 31.2 Å². The van der Waals surface area contributed by atoms with Gasteiger partial charge in [0.1, 0.15) is 5.75 Å². The van der Waals surface area contributed by atoms with Crippen LogP contribution in [0, 0.1) is 0 Å². The van der Waals surface area contributed by atoms with Crippen molar-refractivity contribution in [3.05, 3.63) is 53.3 Å². The van der Waals surface area contributed by atoms with Crippen molar-refractivity contribution in [3.63, 3.8) is 0 Å². The van der Waals surface area contributed by atoms with Gasteiger partial charge in [-0.3, -0.25) is 4.79 Å². The summed E-state index contributed by atoms with van der Waals surface area (Å²) in [6.07, 6.45) is 1.42. The molecule has 0 saturated carbocycles. The summed E-state index contributed by atoms with van der Waals surface area (Å²) < 4.78 is 8.52. The quantitative estimate of drug-likeness (QED) is 0.551. The van der Waals surface area contributed by atoms with Gasteiger partial charge in [-0.25, -0.2) is 0 Å². The van der Waals surface area contributed by atoms with Gasteiger partial charge in [-0.05, 0) is 36.8 Å². The van der Waals surface area contributed by atoms with Crippen molar-refractivity contribution in [1.29, 1.82) is 0 Å². The summed E-state index contributed by atoms with van der Waals surface area (Å²) >= 11 is 3.22. The van der Waals surface area contributed by atoms with Crippen LogP contribution in [0.4, 0.5) is 0 Å². The zero-order valence-electron chi connectivity index (χ0n) is 15.0. The number of carbonyl (C=O) groups is 1. The molecule has 3 rings (SSSR count). The van der Waals surface area contributed by atoms with Crippen molar-refractivity contribution in [1.82, 2.24) is 4.57 Å². The molecule has 0 saturated heterocycles. The molecule has 0 spiro atoms. The number of carbonyl (C=O) groups excluding carboxylic acids is 1. The van der Waals surface area contributed by atoms with Gasteiger partial charge < -0.3 is 9.30 Å². The normalized spacial score (nSPS) is 11.8. The van der Waals surface area contributed by atoms with Crippen LogP contribution in [0.5, 0.6) is 5.75 Å². The summed E-state index contributed by atoms with van der Waals surface area (Å²) in [5.41, 5.74) is 1.10. The molecule has 0 radical (unpaired) electrons. The molecular formula is C20H22N2O2S2. The first-order chi connectivity index (χ1) is 12.7. The molecule has 0 bridgehead atoms. The summed E-state index contributed by atoms with van der Waals surface area (Å²) in [5.74, 6) is 1.48. The molecular weight excluding hydrogens is 364 g/mol. The maximum Gasteiger partial charge on any atom is 0.249 e. The van der Waals surface area contributed by atoms with E-state index in [1.807, 2.05) is 36.4 Å². The van der Waals surface area contributed by atoms with Crippen LogP contribution in [0.3, 0.4) is 0 Å². The van der Waals surface area contributed by atoms with Gasteiger partial charge in [0.05, 0.1) is 17.3 Å². The second kappa shape index (κ2) is 9.05. The Kier molecular flexibility index (Phi) is 6.52. The number of hydrogen-bond donors (Lipinski definition) is 0. The molecule has 2 aromatic carbocycles. The molecule has 0 aliphatic carbocycles. The van der Waals surface area contributed by atoms with Crippen molar-refractivity contribution in [3.8, 4) is 5.75 Å². The average Bonchev–Trinajstić information content (AvgIpc) is 2.99. The summed E-state index contributed by atoms with van der Waals surface area (Å²) in [6.45, 7) is 2.97. The highest BCUT2D eigenvalue weighted by atomic mass is 32.2. The minimum atomic E-state index is -0.0724. The highest BCUT2D eigenvalue weighted by molar-refractivity contribution is 7.99. The first-order valence-electron chi connectivity index (χ1n) is 8.64. The van der Waals surface area contributed by atoms with Gasteiger partial charge in [-0.2, -0.15) is 4.99 Å². The van der Waals surface area contributed by atoms with Crippen molar-refractivity contribution in [2.75, 3.05) is 12.9 Å². The molecule has 0 aliphatic rings. The first kappa shape index (κ1) is 18.7. The number of ether oxygens (including phenoxy) is 1. The number of aromatic nitrogens is 1. The van der Waals surface area contributed by atoms with E-state index in [9.17, 15) is 4.79 Å². The van der Waals surface area contributed by atoms with Crippen LogP contribution in [0.25, 0.3) is 10.2 Å².